The fraction of sp³-hybridized carbons (Fsp3) is 0.217. The number of nitro groups is 1. The van der Waals surface area contributed by atoms with Gasteiger partial charge in [0.1, 0.15) is 29.8 Å². The summed E-state index contributed by atoms with van der Waals surface area (Å²) in [5.41, 5.74) is 8.04. The van der Waals surface area contributed by atoms with E-state index in [0.717, 1.165) is 0 Å². The second-order valence-corrected chi connectivity index (χ2v) is 8.30. The van der Waals surface area contributed by atoms with E-state index in [4.69, 9.17) is 15.2 Å². The first-order chi connectivity index (χ1) is 15.4. The summed E-state index contributed by atoms with van der Waals surface area (Å²) < 4.78 is 12.0. The first kappa shape index (κ1) is 21.6. The summed E-state index contributed by atoms with van der Waals surface area (Å²) in [6.07, 6.45) is 1.69. The maximum atomic E-state index is 12.7. The maximum absolute atomic E-state index is 12.7. The van der Waals surface area contributed by atoms with E-state index in [0.29, 0.717) is 51.9 Å². The Morgan fingerprint density at radius 2 is 2.09 bits per heavy atom. The number of ketones is 1. The number of Topliss-reactive ketones (excluding diaryl/α,β-unsaturated/α-hetero) is 1. The molecule has 2 N–H and O–H groups in total. The second kappa shape index (κ2) is 8.85. The molecule has 0 saturated heterocycles. The molecule has 9 heteroatoms. The van der Waals surface area contributed by atoms with Gasteiger partial charge in [-0.05, 0) is 45.6 Å². The standard InChI is InChI=1S/C23H18BrN3O5/c24-17-10-14(7-8-19(17)31-12-13-3-1-4-15(9-13)27(29)30)21-16(11-25)23(26)32-20-6-2-5-18(28)22(20)21/h1,3-4,7-10,21H,2,5-6,12,26H2/t21-/m1/s1. The maximum Gasteiger partial charge on any atom is 0.269 e. The molecule has 8 nitrogen and oxygen atoms in total. The summed E-state index contributed by atoms with van der Waals surface area (Å²) >= 11 is 3.49. The Labute approximate surface area is 192 Å². The van der Waals surface area contributed by atoms with Gasteiger partial charge in [0.2, 0.25) is 5.88 Å². The van der Waals surface area contributed by atoms with Crippen LogP contribution >= 0.6 is 15.9 Å². The number of allylic oxidation sites excluding steroid dienone is 3. The van der Waals surface area contributed by atoms with E-state index in [1.54, 1.807) is 30.3 Å². The minimum atomic E-state index is -0.598. The number of hydrogen-bond acceptors (Lipinski definition) is 7. The number of hydrogen-bond donors (Lipinski definition) is 1. The first-order valence-corrected chi connectivity index (χ1v) is 10.7. The summed E-state index contributed by atoms with van der Waals surface area (Å²) in [6, 6.07) is 13.6. The number of ether oxygens (including phenoxy) is 2. The lowest BCUT2D eigenvalue weighted by Gasteiger charge is -2.31. The monoisotopic (exact) mass is 495 g/mol. The lowest BCUT2D eigenvalue weighted by atomic mass is 9.77. The van der Waals surface area contributed by atoms with E-state index in [1.165, 1.54) is 12.1 Å². The molecule has 0 saturated carbocycles. The van der Waals surface area contributed by atoms with Crippen LogP contribution in [0.15, 0.2) is 69.7 Å². The zero-order chi connectivity index (χ0) is 22.8. The average Bonchev–Trinajstić information content (AvgIpc) is 2.77. The molecule has 0 radical (unpaired) electrons. The molecule has 162 valence electrons. The Bertz CT molecular complexity index is 1230. The van der Waals surface area contributed by atoms with Gasteiger partial charge in [-0.15, -0.1) is 0 Å². The van der Waals surface area contributed by atoms with Crippen LogP contribution in [0.3, 0.4) is 0 Å². The van der Waals surface area contributed by atoms with Crippen LogP contribution in [-0.4, -0.2) is 10.7 Å². The minimum Gasteiger partial charge on any atom is -0.488 e. The van der Waals surface area contributed by atoms with Crippen molar-refractivity contribution in [3.05, 3.63) is 91.0 Å². The lowest BCUT2D eigenvalue weighted by molar-refractivity contribution is -0.384. The number of nitro benzene ring substituents is 1. The third-order valence-corrected chi connectivity index (χ3v) is 6.03. The minimum absolute atomic E-state index is 0.00494. The topological polar surface area (TPSA) is 128 Å². The summed E-state index contributed by atoms with van der Waals surface area (Å²) in [7, 11) is 0. The van der Waals surface area contributed by atoms with Gasteiger partial charge >= 0.3 is 0 Å². The number of benzene rings is 2. The van der Waals surface area contributed by atoms with E-state index in [2.05, 4.69) is 22.0 Å². The Morgan fingerprint density at radius 1 is 1.28 bits per heavy atom. The van der Waals surface area contributed by atoms with Gasteiger partial charge in [0, 0.05) is 30.5 Å². The smallest absolute Gasteiger partial charge is 0.269 e. The molecule has 1 aliphatic carbocycles. The number of non-ortho nitro benzene ring substituents is 1. The van der Waals surface area contributed by atoms with Crippen molar-refractivity contribution in [3.8, 4) is 11.8 Å². The molecule has 2 aromatic rings. The summed E-state index contributed by atoms with van der Waals surface area (Å²) in [6.45, 7) is 0.140. The molecule has 1 heterocycles. The van der Waals surface area contributed by atoms with Crippen LogP contribution in [0.1, 0.15) is 36.3 Å². The van der Waals surface area contributed by atoms with Crippen LogP contribution in [0, 0.1) is 21.4 Å². The van der Waals surface area contributed by atoms with Crippen LogP contribution in [0.2, 0.25) is 0 Å². The zero-order valence-corrected chi connectivity index (χ0v) is 18.4. The van der Waals surface area contributed by atoms with Crippen molar-refractivity contribution in [1.29, 1.82) is 5.26 Å². The van der Waals surface area contributed by atoms with Crippen molar-refractivity contribution < 1.29 is 19.2 Å². The molecular formula is C23H18BrN3O5. The van der Waals surface area contributed by atoms with Crippen LogP contribution in [0.4, 0.5) is 5.69 Å². The molecule has 0 aromatic heterocycles. The second-order valence-electron chi connectivity index (χ2n) is 7.44. The third kappa shape index (κ3) is 4.09. The number of nitrogens with zero attached hydrogens (tertiary/aromatic N) is 2. The normalized spacial score (nSPS) is 18.0. The van der Waals surface area contributed by atoms with Crippen LogP contribution in [0.5, 0.6) is 5.75 Å². The number of carbonyl (C=O) groups excluding carboxylic acids is 1. The quantitative estimate of drug-likeness (QED) is 0.467. The van der Waals surface area contributed by atoms with Gasteiger partial charge in [-0.2, -0.15) is 5.26 Å². The third-order valence-electron chi connectivity index (χ3n) is 5.41. The molecule has 2 aliphatic rings. The Morgan fingerprint density at radius 3 is 2.81 bits per heavy atom. The molecule has 4 rings (SSSR count). The van der Waals surface area contributed by atoms with E-state index < -0.39 is 10.8 Å². The highest BCUT2D eigenvalue weighted by molar-refractivity contribution is 9.10. The predicted molar refractivity (Wildman–Crippen MR) is 118 cm³/mol. The molecule has 0 unspecified atom stereocenters. The molecule has 0 amide bonds. The van der Waals surface area contributed by atoms with Crippen molar-refractivity contribution in [2.24, 2.45) is 5.73 Å². The summed E-state index contributed by atoms with van der Waals surface area (Å²) in [5, 5.41) is 20.6. The van der Waals surface area contributed by atoms with E-state index in [9.17, 15) is 20.2 Å². The Kier molecular flexibility index (Phi) is 5.97. The number of rotatable bonds is 5. The predicted octanol–water partition coefficient (Wildman–Crippen LogP) is 4.75. The van der Waals surface area contributed by atoms with Gasteiger partial charge in [0.05, 0.1) is 15.3 Å². The van der Waals surface area contributed by atoms with Gasteiger partial charge in [0.15, 0.2) is 5.78 Å². The molecular weight excluding hydrogens is 478 g/mol. The highest BCUT2D eigenvalue weighted by atomic mass is 79.9. The summed E-state index contributed by atoms with van der Waals surface area (Å²) in [5.74, 6) is 0.433. The van der Waals surface area contributed by atoms with Crippen molar-refractivity contribution in [3.63, 3.8) is 0 Å². The lowest BCUT2D eigenvalue weighted by Crippen LogP contribution is -2.27. The van der Waals surface area contributed by atoms with Gasteiger partial charge in [-0.25, -0.2) is 0 Å². The molecule has 0 bridgehead atoms. The van der Waals surface area contributed by atoms with Crippen LogP contribution < -0.4 is 10.5 Å². The molecule has 2 aromatic carbocycles. The fourth-order valence-corrected chi connectivity index (χ4v) is 4.44. The van der Waals surface area contributed by atoms with Crippen molar-refractivity contribution >= 4 is 27.4 Å². The Balaban J connectivity index is 1.62. The number of halogens is 1. The van der Waals surface area contributed by atoms with E-state index in [1.807, 2.05) is 0 Å². The zero-order valence-electron chi connectivity index (χ0n) is 16.8. The van der Waals surface area contributed by atoms with Crippen molar-refractivity contribution in [1.82, 2.24) is 0 Å². The molecule has 32 heavy (non-hydrogen) atoms. The molecule has 0 spiro atoms. The van der Waals surface area contributed by atoms with E-state index in [-0.39, 0.29) is 29.5 Å². The molecule has 0 fully saturated rings. The van der Waals surface area contributed by atoms with Gasteiger partial charge in [-0.1, -0.05) is 18.2 Å². The number of nitriles is 1. The van der Waals surface area contributed by atoms with Gasteiger partial charge in [-0.3, -0.25) is 14.9 Å². The van der Waals surface area contributed by atoms with E-state index >= 15 is 0 Å². The van der Waals surface area contributed by atoms with Crippen LogP contribution in [-0.2, 0) is 16.1 Å². The molecule has 1 atom stereocenters. The molecule has 1 aliphatic heterocycles. The SMILES string of the molecule is N#CC1=C(N)OC2=C(C(=O)CCC2)[C@@H]1c1ccc(OCc2cccc([N+](=O)[O-])c2)c(Br)c1. The average molecular weight is 496 g/mol. The van der Waals surface area contributed by atoms with Crippen LogP contribution in [0.25, 0.3) is 0 Å². The number of carbonyl (C=O) groups is 1. The number of nitrogens with two attached hydrogens (primary N) is 1. The van der Waals surface area contributed by atoms with Crippen molar-refractivity contribution in [2.45, 2.75) is 31.8 Å². The van der Waals surface area contributed by atoms with Gasteiger partial charge in [0.25, 0.3) is 5.69 Å². The highest BCUT2D eigenvalue weighted by Crippen LogP contribution is 2.44. The largest absolute Gasteiger partial charge is 0.488 e. The Hall–Kier alpha value is -3.64. The fourth-order valence-electron chi connectivity index (χ4n) is 3.92. The first-order valence-electron chi connectivity index (χ1n) is 9.88. The summed E-state index contributed by atoms with van der Waals surface area (Å²) in [4.78, 5) is 23.2. The van der Waals surface area contributed by atoms with Crippen molar-refractivity contribution in [2.75, 3.05) is 0 Å². The highest BCUT2D eigenvalue weighted by Gasteiger charge is 2.38. The van der Waals surface area contributed by atoms with Gasteiger partial charge < -0.3 is 15.2 Å².